The van der Waals surface area contributed by atoms with Crippen LogP contribution in [-0.4, -0.2) is 22.0 Å². The highest BCUT2D eigenvalue weighted by atomic mass is 16.1. The Morgan fingerprint density at radius 1 is 1.07 bits per heavy atom. The number of nitrogens with zero attached hydrogens (tertiary/aromatic N) is 2. The summed E-state index contributed by atoms with van der Waals surface area (Å²) < 4.78 is 2.28. The van der Waals surface area contributed by atoms with Crippen molar-refractivity contribution < 1.29 is 4.79 Å². The van der Waals surface area contributed by atoms with E-state index in [1.54, 1.807) is 0 Å². The van der Waals surface area contributed by atoms with E-state index in [4.69, 9.17) is 4.98 Å². The Morgan fingerprint density at radius 3 is 2.55 bits per heavy atom. The molecule has 0 saturated heterocycles. The Labute approximate surface area is 173 Å². The van der Waals surface area contributed by atoms with Crippen molar-refractivity contribution >= 4 is 23.0 Å². The number of hydrogen-bond donors (Lipinski definition) is 1. The van der Waals surface area contributed by atoms with Crippen LogP contribution in [0.25, 0.3) is 17.1 Å². The number of aromatic nitrogens is 2. The fourth-order valence-corrected chi connectivity index (χ4v) is 3.64. The first kappa shape index (κ1) is 20.8. The molecule has 0 aliphatic carbocycles. The number of fused-ring (bicyclic) bond motifs is 1. The van der Waals surface area contributed by atoms with E-state index in [1.165, 1.54) is 5.56 Å². The topological polar surface area (TPSA) is 46.9 Å². The number of carbonyl (C=O) groups excluding carboxylic acids is 1. The number of nitrogens with one attached hydrogen (secondary N) is 1. The van der Waals surface area contributed by atoms with Gasteiger partial charge in [0.05, 0.1) is 11.0 Å². The molecule has 0 saturated carbocycles. The molecule has 0 atom stereocenters. The van der Waals surface area contributed by atoms with Gasteiger partial charge in [-0.25, -0.2) is 4.98 Å². The average molecular weight is 390 g/mol. The van der Waals surface area contributed by atoms with Crippen LogP contribution in [0.2, 0.25) is 0 Å². The first-order valence-corrected chi connectivity index (χ1v) is 10.7. The molecule has 0 aliphatic heterocycles. The summed E-state index contributed by atoms with van der Waals surface area (Å²) in [5, 5.41) is 3.08. The van der Waals surface area contributed by atoms with Crippen molar-refractivity contribution in [1.82, 2.24) is 14.9 Å². The van der Waals surface area contributed by atoms with Gasteiger partial charge in [-0.3, -0.25) is 4.79 Å². The van der Waals surface area contributed by atoms with Crippen LogP contribution in [0.5, 0.6) is 0 Å². The molecule has 3 rings (SSSR count). The van der Waals surface area contributed by atoms with Gasteiger partial charge in [0.25, 0.3) is 0 Å². The molecule has 1 N–H and O–H groups in total. The molecule has 0 unspecified atom stereocenters. The quantitative estimate of drug-likeness (QED) is 0.482. The van der Waals surface area contributed by atoms with Crippen LogP contribution in [0.15, 0.2) is 60.7 Å². The molecule has 0 spiro atoms. The van der Waals surface area contributed by atoms with E-state index in [9.17, 15) is 4.79 Å². The Morgan fingerprint density at radius 2 is 1.79 bits per heavy atom. The maximum atomic E-state index is 12.2. The molecule has 1 amide bonds. The first-order valence-electron chi connectivity index (χ1n) is 10.7. The maximum absolute atomic E-state index is 12.2. The number of imidazole rings is 1. The lowest BCUT2D eigenvalue weighted by molar-refractivity contribution is -0.125. The normalized spacial score (nSPS) is 11.6. The molecule has 29 heavy (non-hydrogen) atoms. The fourth-order valence-electron chi connectivity index (χ4n) is 3.64. The van der Waals surface area contributed by atoms with Gasteiger partial charge in [0.1, 0.15) is 5.82 Å². The van der Waals surface area contributed by atoms with Crippen LogP contribution < -0.4 is 5.32 Å². The van der Waals surface area contributed by atoms with Crippen LogP contribution >= 0.6 is 0 Å². The summed E-state index contributed by atoms with van der Waals surface area (Å²) in [5.41, 5.74) is 3.38. The zero-order chi connectivity index (χ0) is 20.5. The minimum atomic E-state index is 0.127. The molecule has 1 aromatic heterocycles. The smallest absolute Gasteiger partial charge is 0.223 e. The van der Waals surface area contributed by atoms with Gasteiger partial charge in [-0.05, 0) is 37.0 Å². The standard InChI is InChI=1S/C25H31N3O/c1-3-21(4-2)25(29)26-18-10-17-24-27-22-15-8-9-16-23(22)28(24)19-11-14-20-12-6-5-7-13-20/h5-9,11-16,21H,3-4,10,17-19H2,1-2H3,(H,26,29)/b14-11+. The lowest BCUT2D eigenvalue weighted by Crippen LogP contribution is -2.31. The molecule has 2 aromatic carbocycles. The SMILES string of the molecule is CCC(CC)C(=O)NCCCc1nc2ccccc2n1C/C=C/c1ccccc1. The number of aryl methyl sites for hydroxylation is 1. The first-order chi connectivity index (χ1) is 14.2. The van der Waals surface area contributed by atoms with Gasteiger partial charge in [0.2, 0.25) is 5.91 Å². The Balaban J connectivity index is 1.65. The van der Waals surface area contributed by atoms with Gasteiger partial charge in [0.15, 0.2) is 0 Å². The van der Waals surface area contributed by atoms with E-state index in [0.29, 0.717) is 6.54 Å². The minimum Gasteiger partial charge on any atom is -0.356 e. The Kier molecular flexibility index (Phi) is 7.62. The molecule has 0 bridgehead atoms. The van der Waals surface area contributed by atoms with E-state index in [2.05, 4.69) is 66.2 Å². The maximum Gasteiger partial charge on any atom is 0.223 e. The monoisotopic (exact) mass is 389 g/mol. The molecule has 0 fully saturated rings. The molecule has 1 heterocycles. The molecule has 0 radical (unpaired) electrons. The third-order valence-corrected chi connectivity index (χ3v) is 5.36. The summed E-state index contributed by atoms with van der Waals surface area (Å²) in [5.74, 6) is 1.37. The number of carbonyl (C=O) groups is 1. The van der Waals surface area contributed by atoms with Crippen molar-refractivity contribution in [3.63, 3.8) is 0 Å². The largest absolute Gasteiger partial charge is 0.356 e. The lowest BCUT2D eigenvalue weighted by Gasteiger charge is -2.12. The minimum absolute atomic E-state index is 0.127. The van der Waals surface area contributed by atoms with E-state index >= 15 is 0 Å². The zero-order valence-electron chi connectivity index (χ0n) is 17.5. The van der Waals surface area contributed by atoms with Crippen LogP contribution in [0, 0.1) is 5.92 Å². The van der Waals surface area contributed by atoms with Crippen molar-refractivity contribution in [2.75, 3.05) is 6.54 Å². The van der Waals surface area contributed by atoms with Gasteiger partial charge in [0, 0.05) is 25.4 Å². The molecule has 4 heteroatoms. The highest BCUT2D eigenvalue weighted by Crippen LogP contribution is 2.18. The van der Waals surface area contributed by atoms with Crippen LogP contribution in [0.4, 0.5) is 0 Å². The summed E-state index contributed by atoms with van der Waals surface area (Å²) in [6.45, 7) is 5.61. The van der Waals surface area contributed by atoms with Crippen molar-refractivity contribution in [3.8, 4) is 0 Å². The van der Waals surface area contributed by atoms with E-state index in [-0.39, 0.29) is 11.8 Å². The Hall–Kier alpha value is -2.88. The summed E-state index contributed by atoms with van der Waals surface area (Å²) in [6.07, 6.45) is 7.85. The van der Waals surface area contributed by atoms with E-state index < -0.39 is 0 Å². The molecular formula is C25H31N3O. The van der Waals surface area contributed by atoms with E-state index in [1.807, 2.05) is 24.3 Å². The summed E-state index contributed by atoms with van der Waals surface area (Å²) in [4.78, 5) is 17.0. The predicted molar refractivity (Wildman–Crippen MR) is 121 cm³/mol. The molecule has 0 aliphatic rings. The van der Waals surface area contributed by atoms with Crippen molar-refractivity contribution in [2.24, 2.45) is 5.92 Å². The zero-order valence-corrected chi connectivity index (χ0v) is 17.5. The number of allylic oxidation sites excluding steroid dienone is 1. The van der Waals surface area contributed by atoms with Crippen LogP contribution in [0.1, 0.15) is 44.5 Å². The third kappa shape index (κ3) is 5.57. The van der Waals surface area contributed by atoms with Gasteiger partial charge in [-0.2, -0.15) is 0 Å². The van der Waals surface area contributed by atoms with E-state index in [0.717, 1.165) is 49.1 Å². The fraction of sp³-hybridized carbons (Fsp3) is 0.360. The van der Waals surface area contributed by atoms with Gasteiger partial charge in [-0.15, -0.1) is 0 Å². The molecular weight excluding hydrogens is 358 g/mol. The van der Waals surface area contributed by atoms with Gasteiger partial charge >= 0.3 is 0 Å². The molecule has 4 nitrogen and oxygen atoms in total. The van der Waals surface area contributed by atoms with Crippen LogP contribution in [0.3, 0.4) is 0 Å². The number of benzene rings is 2. The van der Waals surface area contributed by atoms with Crippen molar-refractivity contribution in [2.45, 2.75) is 46.1 Å². The molecule has 152 valence electrons. The highest BCUT2D eigenvalue weighted by molar-refractivity contribution is 5.78. The second-order valence-electron chi connectivity index (χ2n) is 7.35. The van der Waals surface area contributed by atoms with Gasteiger partial charge in [-0.1, -0.05) is 68.5 Å². The summed E-state index contributed by atoms with van der Waals surface area (Å²) in [6, 6.07) is 18.6. The predicted octanol–water partition coefficient (Wildman–Crippen LogP) is 5.23. The van der Waals surface area contributed by atoms with Crippen molar-refractivity contribution in [1.29, 1.82) is 0 Å². The summed E-state index contributed by atoms with van der Waals surface area (Å²) in [7, 11) is 0. The van der Waals surface area contributed by atoms with Gasteiger partial charge < -0.3 is 9.88 Å². The molecule has 3 aromatic rings. The average Bonchev–Trinajstić information content (AvgIpc) is 3.10. The number of para-hydroxylation sites is 2. The highest BCUT2D eigenvalue weighted by Gasteiger charge is 2.13. The lowest BCUT2D eigenvalue weighted by atomic mass is 10.0. The van der Waals surface area contributed by atoms with Crippen molar-refractivity contribution in [3.05, 3.63) is 72.1 Å². The number of rotatable bonds is 10. The van der Waals surface area contributed by atoms with Crippen LogP contribution in [-0.2, 0) is 17.8 Å². The number of amides is 1. The number of hydrogen-bond acceptors (Lipinski definition) is 2. The summed E-state index contributed by atoms with van der Waals surface area (Å²) >= 11 is 0. The second-order valence-corrected chi connectivity index (χ2v) is 7.35. The third-order valence-electron chi connectivity index (χ3n) is 5.36. The second kappa shape index (κ2) is 10.6. The Bertz CT molecular complexity index is 939.